The van der Waals surface area contributed by atoms with Gasteiger partial charge in [0.05, 0.1) is 76.6 Å². The van der Waals surface area contributed by atoms with Gasteiger partial charge in [-0.1, -0.05) is 53.2 Å². The van der Waals surface area contributed by atoms with Gasteiger partial charge in [-0.3, -0.25) is 4.79 Å². The topological polar surface area (TPSA) is 531 Å². The van der Waals surface area contributed by atoms with E-state index in [2.05, 4.69) is 40.7 Å². The number of hydrogen-bond donors (Lipinski definition) is 19. The highest BCUT2D eigenvalue weighted by Gasteiger charge is 2.72. The first-order valence-electron chi connectivity index (χ1n) is 35.5. The van der Waals surface area contributed by atoms with E-state index in [1.165, 1.54) is 6.92 Å². The second-order valence-corrected chi connectivity index (χ2v) is 32.6. The van der Waals surface area contributed by atoms with E-state index in [4.69, 9.17) is 66.3 Å². The van der Waals surface area contributed by atoms with Gasteiger partial charge < -0.3 is 163 Å². The van der Waals surface area contributed by atoms with Crippen LogP contribution in [0.1, 0.15) is 106 Å². The molecule has 34 nitrogen and oxygen atoms in total. The third-order valence-corrected chi connectivity index (χ3v) is 26.0. The molecule has 7 aliphatic heterocycles. The third kappa shape index (κ3) is 13.5. The average molecular weight is 1460 g/mol. The van der Waals surface area contributed by atoms with E-state index in [1.54, 1.807) is 0 Å². The smallest absolute Gasteiger partial charge is 0.315 e. The fraction of sp³-hybridized carbons (Fsp3) is 0.955. The van der Waals surface area contributed by atoms with Crippen molar-refractivity contribution in [1.82, 2.24) is 0 Å². The molecule has 11 fully saturated rings. The van der Waals surface area contributed by atoms with Crippen molar-refractivity contribution >= 4 is 5.97 Å². The van der Waals surface area contributed by atoms with Crippen molar-refractivity contribution < 1.29 is 168 Å². The molecule has 0 unspecified atom stereocenters. The van der Waals surface area contributed by atoms with E-state index in [0.717, 1.165) is 5.57 Å². The van der Waals surface area contributed by atoms with Crippen molar-refractivity contribution in [2.24, 2.45) is 50.2 Å². The number of carbonyl (C=O) groups excluding carboxylic acids is 1. The second-order valence-electron chi connectivity index (χ2n) is 32.6. The minimum Gasteiger partial charge on any atom is -0.432 e. The van der Waals surface area contributed by atoms with Gasteiger partial charge in [-0.25, -0.2) is 0 Å². The largest absolute Gasteiger partial charge is 0.432 e. The van der Waals surface area contributed by atoms with E-state index < -0.39 is 282 Å². The number of allylic oxidation sites excluding steroid dienone is 2. The highest BCUT2D eigenvalue weighted by atomic mass is 16.8. The molecule has 0 amide bonds. The highest BCUT2D eigenvalue weighted by Crippen LogP contribution is 2.76. The molecule has 580 valence electrons. The molecule has 7 saturated heterocycles. The molecular formula is C67H108O34. The SMILES string of the molecule is C[C@@H]1O[C@@H](O[C@H]2[C@H](OC(=O)[C@]34CCC(C)(C)C[C@H]3C3=CC[C@H]5[C@@]6(C)C[C@H](O)[C@H](O[C@@H]7O[C@H](CO)[C@@H](O)[C@H](O[C@@H]8OC[C@@H](O)[C@H](O)[C@H]8O)[C@H]7O)[C@@](C)(CO)[C@H]6CC[C@@]5(C)[C@]3(C)CC4)OC[C@H](O)[C@@H]2O)[C@H](O)[C@H](O[C@@H]2OC[C@H](O)[C@H](O)[C@H]2O)[C@H]1O[C@@H]1OC[C@@H](O)[C@H](O[C@@H]2OC[C@](O)(CO)[C@H]2O)[C@H]1O. The lowest BCUT2D eigenvalue weighted by atomic mass is 9.33. The number of fused-ring (bicyclic) bond motifs is 7. The average Bonchev–Trinajstić information content (AvgIpc) is 0.946. The van der Waals surface area contributed by atoms with Gasteiger partial charge in [-0.05, 0) is 104 Å². The van der Waals surface area contributed by atoms with E-state index in [0.29, 0.717) is 51.4 Å². The maximum absolute atomic E-state index is 15.7. The lowest BCUT2D eigenvalue weighted by molar-refractivity contribution is -0.390. The monoisotopic (exact) mass is 1460 g/mol. The molecule has 4 saturated carbocycles. The number of esters is 1. The summed E-state index contributed by atoms with van der Waals surface area (Å²) < 4.78 is 83.5. The van der Waals surface area contributed by atoms with Crippen LogP contribution in [0.3, 0.4) is 0 Å². The molecule has 0 spiro atoms. The molecule has 12 aliphatic rings. The van der Waals surface area contributed by atoms with Crippen LogP contribution in [0.25, 0.3) is 0 Å². The Labute approximate surface area is 583 Å². The molecule has 7 heterocycles. The molecule has 0 aromatic heterocycles. The Balaban J connectivity index is 0.771. The maximum atomic E-state index is 15.7. The fourth-order valence-electron chi connectivity index (χ4n) is 19.7. The van der Waals surface area contributed by atoms with Crippen LogP contribution in [0, 0.1) is 50.2 Å². The number of aliphatic hydroxyl groups excluding tert-OH is 18. The summed E-state index contributed by atoms with van der Waals surface area (Å²) in [5, 5.41) is 210. The van der Waals surface area contributed by atoms with Gasteiger partial charge in [-0.15, -0.1) is 0 Å². The van der Waals surface area contributed by atoms with Gasteiger partial charge >= 0.3 is 5.97 Å². The number of carbonyl (C=O) groups is 1. The molecule has 39 atom stereocenters. The van der Waals surface area contributed by atoms with Gasteiger partial charge in [0.2, 0.25) is 6.29 Å². The zero-order valence-electron chi connectivity index (χ0n) is 57.8. The Hall–Kier alpha value is -2.07. The number of hydrogen-bond acceptors (Lipinski definition) is 34. The van der Waals surface area contributed by atoms with Crippen LogP contribution < -0.4 is 0 Å². The number of aliphatic hydroxyl groups is 19. The molecule has 0 bridgehead atoms. The third-order valence-electron chi connectivity index (χ3n) is 26.0. The molecule has 5 aliphatic carbocycles. The standard InChI is InChI=1S/C67H108O34/c1-26-46(95-55-43(82)47(33(75)22-90-55)96-59-51(85)67(87,24-70)25-92-59)49(98-54-42(81)38(77)31(73)20-89-54)45(84)56(93-26)99-50-39(78)32(74)21-91-58(50)101-60(86)66-14-12-61(2,3)16-28(66)27-8-9-36-62(4)17-29(71)52(63(5,23-69)35(62)10-11-65(36,7)64(27,6)13-15-66)100-57-44(83)48(40(79)34(18-68)94-57)97-53-41(80)37(76)30(72)19-88-53/h8,26,28-59,68-85,87H,9-25H2,1-7H3/t26-,28-,29-,30+,31-,32-,33+,34+,35-,36-,37-,38-,39-,40+,41+,42+,43+,44+,45+,46-,47-,48-,49-,50+,51-,52-,53-,54-,55-,56-,57-,58-,59-,62-,63-,64+,65+,66-,67+/m0/s1. The first-order chi connectivity index (χ1) is 47.5. The zero-order valence-corrected chi connectivity index (χ0v) is 57.8. The molecule has 0 aromatic carbocycles. The van der Waals surface area contributed by atoms with E-state index in [1.807, 2.05) is 6.92 Å². The Kier molecular flexibility index (Phi) is 22.8. The minimum absolute atomic E-state index is 0.119. The zero-order chi connectivity index (χ0) is 73.3. The molecule has 101 heavy (non-hydrogen) atoms. The summed E-state index contributed by atoms with van der Waals surface area (Å²) in [5.74, 6) is -1.50. The van der Waals surface area contributed by atoms with Gasteiger partial charge in [0.25, 0.3) is 0 Å². The molecule has 34 heteroatoms. The Bertz CT molecular complexity index is 2880. The molecule has 12 rings (SSSR count). The Morgan fingerprint density at radius 2 is 1.03 bits per heavy atom. The molecule has 19 N–H and O–H groups in total. The molecule has 0 radical (unpaired) electrons. The normalized spacial score (nSPS) is 55.3. The van der Waals surface area contributed by atoms with Crippen LogP contribution in [0.4, 0.5) is 0 Å². The second kappa shape index (κ2) is 29.4. The van der Waals surface area contributed by atoms with Crippen LogP contribution in [0.15, 0.2) is 11.6 Å². The van der Waals surface area contributed by atoms with Gasteiger partial charge in [0.1, 0.15) is 122 Å². The predicted molar refractivity (Wildman–Crippen MR) is 332 cm³/mol. The molecular weight excluding hydrogens is 1350 g/mol. The fourth-order valence-corrected chi connectivity index (χ4v) is 19.7. The van der Waals surface area contributed by atoms with Crippen LogP contribution >= 0.6 is 0 Å². The summed E-state index contributed by atoms with van der Waals surface area (Å²) >= 11 is 0. The lowest BCUT2D eigenvalue weighted by Crippen LogP contribution is -2.70. The quantitative estimate of drug-likeness (QED) is 0.0366. The first kappa shape index (κ1) is 78.5. The Morgan fingerprint density at radius 1 is 0.495 bits per heavy atom. The van der Waals surface area contributed by atoms with E-state index >= 15 is 4.79 Å². The van der Waals surface area contributed by atoms with Crippen molar-refractivity contribution in [3.63, 3.8) is 0 Å². The van der Waals surface area contributed by atoms with Crippen molar-refractivity contribution in [1.29, 1.82) is 0 Å². The number of rotatable bonds is 17. The summed E-state index contributed by atoms with van der Waals surface area (Å²) in [7, 11) is 0. The summed E-state index contributed by atoms with van der Waals surface area (Å²) in [6.07, 6.45) is -43.9. The summed E-state index contributed by atoms with van der Waals surface area (Å²) in [5.41, 5.74) is -5.42. The van der Waals surface area contributed by atoms with Gasteiger partial charge in [-0.2, -0.15) is 0 Å². The van der Waals surface area contributed by atoms with Crippen molar-refractivity contribution in [2.75, 3.05) is 52.9 Å². The van der Waals surface area contributed by atoms with Crippen molar-refractivity contribution in [3.05, 3.63) is 11.6 Å². The highest BCUT2D eigenvalue weighted by molar-refractivity contribution is 5.79. The summed E-state index contributed by atoms with van der Waals surface area (Å²) in [6, 6.07) is 0. The van der Waals surface area contributed by atoms with Crippen molar-refractivity contribution in [2.45, 2.75) is 296 Å². The van der Waals surface area contributed by atoms with Gasteiger partial charge in [0.15, 0.2) is 43.8 Å². The van der Waals surface area contributed by atoms with E-state index in [-0.39, 0.29) is 23.7 Å². The Morgan fingerprint density at radius 3 is 1.64 bits per heavy atom. The minimum atomic E-state index is -2.13. The van der Waals surface area contributed by atoms with Crippen LogP contribution in [-0.4, -0.2) is 346 Å². The lowest BCUT2D eigenvalue weighted by Gasteiger charge is -2.72. The van der Waals surface area contributed by atoms with Crippen molar-refractivity contribution in [3.8, 4) is 0 Å². The summed E-state index contributed by atoms with van der Waals surface area (Å²) in [6.45, 7) is 9.39. The maximum Gasteiger partial charge on any atom is 0.315 e. The summed E-state index contributed by atoms with van der Waals surface area (Å²) in [4.78, 5) is 15.7. The molecule has 0 aromatic rings. The predicted octanol–water partition coefficient (Wildman–Crippen LogP) is -6.39. The first-order valence-corrected chi connectivity index (χ1v) is 35.5. The number of ether oxygens (including phenoxy) is 14. The van der Waals surface area contributed by atoms with E-state index in [9.17, 15) is 97.0 Å². The van der Waals surface area contributed by atoms with Crippen LogP contribution in [-0.2, 0) is 71.1 Å². The van der Waals surface area contributed by atoms with Gasteiger partial charge in [0, 0.05) is 5.41 Å². The van der Waals surface area contributed by atoms with Crippen LogP contribution in [0.2, 0.25) is 0 Å². The van der Waals surface area contributed by atoms with Crippen LogP contribution in [0.5, 0.6) is 0 Å².